The lowest BCUT2D eigenvalue weighted by molar-refractivity contribution is -0.115. The number of rotatable bonds is 5. The molecule has 1 fully saturated rings. The van der Waals surface area contributed by atoms with E-state index in [9.17, 15) is 9.90 Å². The average molecular weight is 423 g/mol. The van der Waals surface area contributed by atoms with Crippen molar-refractivity contribution in [1.82, 2.24) is 9.88 Å². The van der Waals surface area contributed by atoms with Crippen molar-refractivity contribution in [3.05, 3.63) is 65.2 Å². The molecule has 0 atom stereocenters. The van der Waals surface area contributed by atoms with E-state index in [1.165, 1.54) is 11.3 Å². The molecule has 1 N–H and O–H groups in total. The van der Waals surface area contributed by atoms with Crippen LogP contribution in [0.5, 0.6) is 5.75 Å². The number of amides is 1. The number of piperazine rings is 1. The fraction of sp³-hybridized carbons (Fsp3) is 0.304. The third-order valence-electron chi connectivity index (χ3n) is 5.28. The van der Waals surface area contributed by atoms with Gasteiger partial charge in [0, 0.05) is 50.7 Å². The summed E-state index contributed by atoms with van der Waals surface area (Å²) in [5.41, 5.74) is 4.10. The molecule has 0 radical (unpaired) electrons. The summed E-state index contributed by atoms with van der Waals surface area (Å²) in [5, 5.41) is 12.2. The van der Waals surface area contributed by atoms with Crippen molar-refractivity contribution in [3.63, 3.8) is 0 Å². The quantitative estimate of drug-likeness (QED) is 0.669. The van der Waals surface area contributed by atoms with E-state index < -0.39 is 0 Å². The number of nitrogens with zero attached hydrogens (tertiary/aromatic N) is 4. The van der Waals surface area contributed by atoms with E-state index in [1.54, 1.807) is 24.0 Å². The Kier molecular flexibility index (Phi) is 6.01. The molecule has 1 aliphatic rings. The van der Waals surface area contributed by atoms with Crippen molar-refractivity contribution in [2.75, 3.05) is 36.0 Å². The lowest BCUT2D eigenvalue weighted by Gasteiger charge is -2.35. The minimum Gasteiger partial charge on any atom is -0.508 e. The predicted octanol–water partition coefficient (Wildman–Crippen LogP) is 4.16. The molecule has 2 heterocycles. The highest BCUT2D eigenvalue weighted by molar-refractivity contribution is 7.14. The van der Waals surface area contributed by atoms with Gasteiger partial charge in [-0.3, -0.25) is 14.6 Å². The second-order valence-electron chi connectivity index (χ2n) is 7.59. The standard InChI is InChI=1S/C23H26N4O2S/c1-17-4-3-5-21(14-17)27(18(2)28)23-24-19(16-30-23)15-25-10-12-26(13-11-25)20-6-8-22(29)9-7-20/h3-9,14,16,29H,10-13,15H2,1-2H3. The Hall–Kier alpha value is -2.90. The van der Waals surface area contributed by atoms with Crippen LogP contribution in [0.4, 0.5) is 16.5 Å². The van der Waals surface area contributed by atoms with Gasteiger partial charge >= 0.3 is 0 Å². The molecule has 1 amide bonds. The van der Waals surface area contributed by atoms with Gasteiger partial charge in [-0.25, -0.2) is 4.98 Å². The van der Waals surface area contributed by atoms with Gasteiger partial charge in [-0.2, -0.15) is 0 Å². The molecular formula is C23H26N4O2S. The van der Waals surface area contributed by atoms with Crippen LogP contribution in [-0.2, 0) is 11.3 Å². The third kappa shape index (κ3) is 4.63. The van der Waals surface area contributed by atoms with Gasteiger partial charge in [0.1, 0.15) is 5.75 Å². The number of hydrogen-bond acceptors (Lipinski definition) is 6. The number of carbonyl (C=O) groups is 1. The lowest BCUT2D eigenvalue weighted by Crippen LogP contribution is -2.46. The Bertz CT molecular complexity index is 1010. The number of benzene rings is 2. The topological polar surface area (TPSA) is 59.9 Å². The number of phenolic OH excluding ortho intramolecular Hbond substituents is 1. The molecule has 3 aromatic rings. The van der Waals surface area contributed by atoms with Gasteiger partial charge in [-0.15, -0.1) is 11.3 Å². The summed E-state index contributed by atoms with van der Waals surface area (Å²) in [6.07, 6.45) is 0. The number of thiazole rings is 1. The molecule has 6 nitrogen and oxygen atoms in total. The van der Waals surface area contributed by atoms with Crippen molar-refractivity contribution in [2.45, 2.75) is 20.4 Å². The molecule has 0 bridgehead atoms. The number of aryl methyl sites for hydroxylation is 1. The zero-order chi connectivity index (χ0) is 21.1. The van der Waals surface area contributed by atoms with Crippen LogP contribution < -0.4 is 9.80 Å². The third-order valence-corrected chi connectivity index (χ3v) is 6.15. The van der Waals surface area contributed by atoms with Gasteiger partial charge < -0.3 is 10.0 Å². The van der Waals surface area contributed by atoms with Crippen molar-refractivity contribution in [2.24, 2.45) is 0 Å². The zero-order valence-corrected chi connectivity index (χ0v) is 18.1. The summed E-state index contributed by atoms with van der Waals surface area (Å²) in [5.74, 6) is 0.256. The zero-order valence-electron chi connectivity index (χ0n) is 17.3. The molecule has 0 saturated carbocycles. The molecule has 4 rings (SSSR count). The molecule has 7 heteroatoms. The highest BCUT2D eigenvalue weighted by Gasteiger charge is 2.21. The molecule has 1 aliphatic heterocycles. The van der Waals surface area contributed by atoms with Crippen LogP contribution in [0.1, 0.15) is 18.2 Å². The van der Waals surface area contributed by atoms with Gasteiger partial charge in [0.05, 0.1) is 11.4 Å². The normalized spacial score (nSPS) is 14.7. The first kappa shape index (κ1) is 20.4. The SMILES string of the molecule is CC(=O)N(c1cccc(C)c1)c1nc(CN2CCN(c3ccc(O)cc3)CC2)cs1. The first-order chi connectivity index (χ1) is 14.5. The maximum Gasteiger partial charge on any atom is 0.230 e. The number of phenols is 1. The van der Waals surface area contributed by atoms with Gasteiger partial charge in [0.25, 0.3) is 0 Å². The second-order valence-corrected chi connectivity index (χ2v) is 8.43. The Morgan fingerprint density at radius 1 is 1.13 bits per heavy atom. The van der Waals surface area contributed by atoms with Crippen molar-refractivity contribution < 1.29 is 9.90 Å². The molecule has 30 heavy (non-hydrogen) atoms. The molecule has 2 aromatic carbocycles. The first-order valence-corrected chi connectivity index (χ1v) is 11.0. The Labute approximate surface area is 181 Å². The number of carbonyl (C=O) groups excluding carboxylic acids is 1. The van der Waals surface area contributed by atoms with Gasteiger partial charge in [0.2, 0.25) is 5.91 Å². The van der Waals surface area contributed by atoms with E-state index in [-0.39, 0.29) is 5.91 Å². The molecule has 1 aromatic heterocycles. The first-order valence-electron chi connectivity index (χ1n) is 10.1. The van der Waals surface area contributed by atoms with E-state index in [1.807, 2.05) is 48.7 Å². The van der Waals surface area contributed by atoms with Crippen LogP contribution in [0.15, 0.2) is 53.9 Å². The number of aromatic nitrogens is 1. The molecule has 0 unspecified atom stereocenters. The summed E-state index contributed by atoms with van der Waals surface area (Å²) < 4.78 is 0. The monoisotopic (exact) mass is 422 g/mol. The fourth-order valence-electron chi connectivity index (χ4n) is 3.72. The molecule has 156 valence electrons. The number of aromatic hydroxyl groups is 1. The van der Waals surface area contributed by atoms with E-state index in [0.717, 1.165) is 55.4 Å². The van der Waals surface area contributed by atoms with E-state index in [4.69, 9.17) is 4.98 Å². The van der Waals surface area contributed by atoms with E-state index in [2.05, 4.69) is 9.80 Å². The summed E-state index contributed by atoms with van der Waals surface area (Å²) in [6.45, 7) is 8.14. The van der Waals surface area contributed by atoms with Crippen LogP contribution in [-0.4, -0.2) is 47.1 Å². The fourth-order valence-corrected chi connectivity index (χ4v) is 4.60. The van der Waals surface area contributed by atoms with Crippen LogP contribution in [0.25, 0.3) is 0 Å². The minimum atomic E-state index is -0.0380. The van der Waals surface area contributed by atoms with Crippen molar-refractivity contribution >= 4 is 33.8 Å². The molecule has 0 spiro atoms. The molecule has 0 aliphatic carbocycles. The maximum absolute atomic E-state index is 12.3. The van der Waals surface area contributed by atoms with E-state index in [0.29, 0.717) is 10.9 Å². The van der Waals surface area contributed by atoms with Crippen LogP contribution in [0.2, 0.25) is 0 Å². The van der Waals surface area contributed by atoms with Crippen LogP contribution >= 0.6 is 11.3 Å². The molecular weight excluding hydrogens is 396 g/mol. The lowest BCUT2D eigenvalue weighted by atomic mass is 10.2. The largest absolute Gasteiger partial charge is 0.508 e. The summed E-state index contributed by atoms with van der Waals surface area (Å²) in [4.78, 5) is 23.5. The average Bonchev–Trinajstić information content (AvgIpc) is 3.17. The number of anilines is 3. The van der Waals surface area contributed by atoms with Gasteiger partial charge in [-0.05, 0) is 48.9 Å². The smallest absolute Gasteiger partial charge is 0.230 e. The van der Waals surface area contributed by atoms with Gasteiger partial charge in [0.15, 0.2) is 5.13 Å². The van der Waals surface area contributed by atoms with E-state index >= 15 is 0 Å². The van der Waals surface area contributed by atoms with Crippen LogP contribution in [0, 0.1) is 6.92 Å². The number of hydrogen-bond donors (Lipinski definition) is 1. The Balaban J connectivity index is 1.40. The van der Waals surface area contributed by atoms with Crippen molar-refractivity contribution in [1.29, 1.82) is 0 Å². The van der Waals surface area contributed by atoms with Crippen molar-refractivity contribution in [3.8, 4) is 5.75 Å². The summed E-state index contributed by atoms with van der Waals surface area (Å²) in [7, 11) is 0. The van der Waals surface area contributed by atoms with Crippen LogP contribution in [0.3, 0.4) is 0 Å². The maximum atomic E-state index is 12.3. The summed E-state index contributed by atoms with van der Waals surface area (Å²) >= 11 is 1.51. The molecule has 1 saturated heterocycles. The summed E-state index contributed by atoms with van der Waals surface area (Å²) in [6, 6.07) is 15.3. The highest BCUT2D eigenvalue weighted by Crippen LogP contribution is 2.30. The Morgan fingerprint density at radius 3 is 2.53 bits per heavy atom. The highest BCUT2D eigenvalue weighted by atomic mass is 32.1. The van der Waals surface area contributed by atoms with Gasteiger partial charge in [-0.1, -0.05) is 12.1 Å². The predicted molar refractivity (Wildman–Crippen MR) is 122 cm³/mol. The second kappa shape index (κ2) is 8.85. The minimum absolute atomic E-state index is 0.0380. The Morgan fingerprint density at radius 2 is 1.87 bits per heavy atom.